The number of cyclic esters (lactones) is 1. The van der Waals surface area contributed by atoms with Crippen molar-refractivity contribution in [2.45, 2.75) is 38.3 Å². The third-order valence-corrected chi connectivity index (χ3v) is 4.54. The zero-order chi connectivity index (χ0) is 16.7. The normalized spacial score (nSPS) is 23.0. The van der Waals surface area contributed by atoms with Crippen molar-refractivity contribution < 1.29 is 18.8 Å². The van der Waals surface area contributed by atoms with Gasteiger partial charge in [-0.25, -0.2) is 4.79 Å². The Kier molecular flexibility index (Phi) is 3.55. The minimum atomic E-state index is -0.791. The van der Waals surface area contributed by atoms with Crippen LogP contribution in [0.25, 0.3) is 0 Å². The highest BCUT2D eigenvalue weighted by molar-refractivity contribution is 5.95. The molecule has 124 valence electrons. The number of hydrogen-bond acceptors (Lipinski definition) is 6. The second-order valence-electron chi connectivity index (χ2n) is 6.12. The Morgan fingerprint density at radius 1 is 1.33 bits per heavy atom. The number of benzene rings is 1. The lowest BCUT2D eigenvalue weighted by Gasteiger charge is -2.29. The lowest BCUT2D eigenvalue weighted by atomic mass is 9.98. The summed E-state index contributed by atoms with van der Waals surface area (Å²) < 4.78 is 10.4. The predicted molar refractivity (Wildman–Crippen MR) is 82.1 cm³/mol. The Hall–Kier alpha value is -2.70. The average Bonchev–Trinajstić information content (AvgIpc) is 3.22. The van der Waals surface area contributed by atoms with E-state index in [1.54, 1.807) is 24.0 Å². The summed E-state index contributed by atoms with van der Waals surface area (Å²) in [6.07, 6.45) is 1.25. The molecule has 2 aromatic rings. The minimum Gasteiger partial charge on any atom is -0.448 e. The van der Waals surface area contributed by atoms with Gasteiger partial charge in [-0.2, -0.15) is 4.98 Å². The number of esters is 1. The third-order valence-electron chi connectivity index (χ3n) is 4.54. The molecule has 2 atom stereocenters. The molecule has 1 amide bonds. The smallest absolute Gasteiger partial charge is 0.339 e. The van der Waals surface area contributed by atoms with Gasteiger partial charge in [0.25, 0.3) is 5.91 Å². The number of hydrogen-bond donors (Lipinski definition) is 0. The highest BCUT2D eigenvalue weighted by Gasteiger charge is 2.40. The van der Waals surface area contributed by atoms with Crippen molar-refractivity contribution in [2.75, 3.05) is 6.54 Å². The molecule has 0 saturated carbocycles. The fourth-order valence-corrected chi connectivity index (χ4v) is 3.40. The van der Waals surface area contributed by atoms with E-state index in [-0.39, 0.29) is 11.9 Å². The first-order valence-electron chi connectivity index (χ1n) is 8.03. The summed E-state index contributed by atoms with van der Waals surface area (Å²) in [6, 6.07) is 7.02. The Labute approximate surface area is 138 Å². The van der Waals surface area contributed by atoms with Crippen LogP contribution in [-0.2, 0) is 16.0 Å². The highest BCUT2D eigenvalue weighted by Crippen LogP contribution is 2.32. The van der Waals surface area contributed by atoms with E-state index in [2.05, 4.69) is 10.1 Å². The topological polar surface area (TPSA) is 85.5 Å². The van der Waals surface area contributed by atoms with Crippen LogP contribution in [0.2, 0.25) is 0 Å². The van der Waals surface area contributed by atoms with Crippen LogP contribution in [0.1, 0.15) is 46.5 Å². The molecule has 0 unspecified atom stereocenters. The molecule has 1 aromatic heterocycles. The number of ether oxygens (including phenoxy) is 1. The summed E-state index contributed by atoms with van der Waals surface area (Å²) in [5, 5.41) is 3.94. The van der Waals surface area contributed by atoms with E-state index in [0.29, 0.717) is 30.2 Å². The number of fused-ring (bicyclic) bond motifs is 1. The van der Waals surface area contributed by atoms with E-state index in [4.69, 9.17) is 9.26 Å². The molecule has 2 aliphatic heterocycles. The summed E-state index contributed by atoms with van der Waals surface area (Å²) in [5.74, 6) is 0.354. The van der Waals surface area contributed by atoms with Crippen molar-refractivity contribution in [2.24, 2.45) is 0 Å². The van der Waals surface area contributed by atoms with Crippen molar-refractivity contribution >= 4 is 11.9 Å². The zero-order valence-electron chi connectivity index (χ0n) is 13.3. The maximum atomic E-state index is 12.9. The molecule has 1 saturated heterocycles. The SMILES string of the molecule is Cc1nc([C@@H]2CCCN2C(=O)[C@H]2Cc3ccccc3C(=O)O2)no1. The summed E-state index contributed by atoms with van der Waals surface area (Å²) >= 11 is 0. The molecule has 1 fully saturated rings. The standard InChI is InChI=1S/C17H17N3O4/c1-10-18-15(19-24-10)13-7-4-8-20(13)16(21)14-9-11-5-2-3-6-12(11)17(22)23-14/h2-3,5-6,13-14H,4,7-9H2,1H3/t13-,14+/m0/s1. The number of carbonyl (C=O) groups is 2. The van der Waals surface area contributed by atoms with Crippen molar-refractivity contribution in [3.63, 3.8) is 0 Å². The van der Waals surface area contributed by atoms with Crippen LogP contribution in [-0.4, -0.2) is 39.6 Å². The van der Waals surface area contributed by atoms with E-state index >= 15 is 0 Å². The summed E-state index contributed by atoms with van der Waals surface area (Å²) in [6.45, 7) is 2.32. The Morgan fingerprint density at radius 3 is 2.96 bits per heavy atom. The average molecular weight is 327 g/mol. The first kappa shape index (κ1) is 14.9. The van der Waals surface area contributed by atoms with Crippen LogP contribution in [0.4, 0.5) is 0 Å². The van der Waals surface area contributed by atoms with Gasteiger partial charge in [0.1, 0.15) is 0 Å². The lowest BCUT2D eigenvalue weighted by molar-refractivity contribution is -0.142. The lowest BCUT2D eigenvalue weighted by Crippen LogP contribution is -2.44. The molecule has 7 heteroatoms. The van der Waals surface area contributed by atoms with Gasteiger partial charge in [0.15, 0.2) is 11.9 Å². The molecule has 0 spiro atoms. The molecular weight excluding hydrogens is 310 g/mol. The Balaban J connectivity index is 1.56. The molecule has 0 aliphatic carbocycles. The second-order valence-corrected chi connectivity index (χ2v) is 6.12. The van der Waals surface area contributed by atoms with E-state index in [1.807, 2.05) is 12.1 Å². The maximum Gasteiger partial charge on any atom is 0.339 e. The molecule has 24 heavy (non-hydrogen) atoms. The number of likely N-dealkylation sites (tertiary alicyclic amines) is 1. The fourth-order valence-electron chi connectivity index (χ4n) is 3.40. The highest BCUT2D eigenvalue weighted by atomic mass is 16.5. The van der Waals surface area contributed by atoms with Gasteiger partial charge in [-0.15, -0.1) is 0 Å². The largest absolute Gasteiger partial charge is 0.448 e. The number of amides is 1. The van der Waals surface area contributed by atoms with Gasteiger partial charge in [0.05, 0.1) is 11.6 Å². The molecule has 3 heterocycles. The number of nitrogens with zero attached hydrogens (tertiary/aromatic N) is 3. The van der Waals surface area contributed by atoms with Crippen molar-refractivity contribution in [1.82, 2.24) is 15.0 Å². The fraction of sp³-hybridized carbons (Fsp3) is 0.412. The third kappa shape index (κ3) is 2.46. The first-order valence-corrected chi connectivity index (χ1v) is 8.03. The summed E-state index contributed by atoms with van der Waals surface area (Å²) in [5.41, 5.74) is 1.38. The number of carbonyl (C=O) groups excluding carboxylic acids is 2. The van der Waals surface area contributed by atoms with Crippen LogP contribution in [0.3, 0.4) is 0 Å². The molecule has 0 N–H and O–H groups in total. The van der Waals surface area contributed by atoms with Crippen LogP contribution < -0.4 is 0 Å². The van der Waals surface area contributed by atoms with E-state index in [9.17, 15) is 9.59 Å². The van der Waals surface area contributed by atoms with Crippen molar-refractivity contribution in [1.29, 1.82) is 0 Å². The van der Waals surface area contributed by atoms with E-state index in [1.165, 1.54) is 0 Å². The van der Waals surface area contributed by atoms with Gasteiger partial charge >= 0.3 is 5.97 Å². The summed E-state index contributed by atoms with van der Waals surface area (Å²) in [7, 11) is 0. The number of aryl methyl sites for hydroxylation is 1. The predicted octanol–water partition coefficient (Wildman–Crippen LogP) is 1.82. The zero-order valence-corrected chi connectivity index (χ0v) is 13.3. The van der Waals surface area contributed by atoms with E-state index in [0.717, 1.165) is 18.4 Å². The molecule has 1 aromatic carbocycles. The number of aromatic nitrogens is 2. The Morgan fingerprint density at radius 2 is 2.17 bits per heavy atom. The molecule has 4 rings (SSSR count). The van der Waals surface area contributed by atoms with Crippen LogP contribution in [0.15, 0.2) is 28.8 Å². The van der Waals surface area contributed by atoms with E-state index < -0.39 is 12.1 Å². The van der Waals surface area contributed by atoms with Crippen LogP contribution in [0.5, 0.6) is 0 Å². The molecule has 0 radical (unpaired) electrons. The summed E-state index contributed by atoms with van der Waals surface area (Å²) in [4.78, 5) is 31.0. The monoisotopic (exact) mass is 327 g/mol. The van der Waals surface area contributed by atoms with Crippen molar-refractivity contribution in [3.05, 3.63) is 47.1 Å². The Bertz CT molecular complexity index is 801. The van der Waals surface area contributed by atoms with Crippen LogP contribution in [0, 0.1) is 6.92 Å². The molecular formula is C17H17N3O4. The quantitative estimate of drug-likeness (QED) is 0.782. The van der Waals surface area contributed by atoms with Crippen LogP contribution >= 0.6 is 0 Å². The number of rotatable bonds is 2. The van der Waals surface area contributed by atoms with Crippen molar-refractivity contribution in [3.8, 4) is 0 Å². The maximum absolute atomic E-state index is 12.9. The minimum absolute atomic E-state index is 0.192. The van der Waals surface area contributed by atoms with Gasteiger partial charge in [0.2, 0.25) is 5.89 Å². The van der Waals surface area contributed by atoms with Gasteiger partial charge < -0.3 is 14.2 Å². The second kappa shape index (κ2) is 5.74. The van der Waals surface area contributed by atoms with Gasteiger partial charge in [-0.05, 0) is 24.5 Å². The van der Waals surface area contributed by atoms with Gasteiger partial charge in [-0.1, -0.05) is 23.4 Å². The molecule has 7 nitrogen and oxygen atoms in total. The molecule has 0 bridgehead atoms. The molecule has 2 aliphatic rings. The van der Waals surface area contributed by atoms with Gasteiger partial charge in [-0.3, -0.25) is 4.79 Å². The first-order chi connectivity index (χ1) is 11.6. The van der Waals surface area contributed by atoms with Gasteiger partial charge in [0, 0.05) is 19.9 Å².